The molecule has 1 aliphatic heterocycles. The van der Waals surface area contributed by atoms with Crippen LogP contribution in [0.2, 0.25) is 0 Å². The van der Waals surface area contributed by atoms with Crippen molar-refractivity contribution in [3.05, 3.63) is 17.6 Å². The second-order valence-electron chi connectivity index (χ2n) is 4.59. The highest BCUT2D eigenvalue weighted by Crippen LogP contribution is 2.24. The van der Waals surface area contributed by atoms with Crippen LogP contribution < -0.4 is 5.32 Å². The van der Waals surface area contributed by atoms with E-state index in [9.17, 15) is 0 Å². The molecule has 3 heterocycles. The molecule has 0 amide bonds. The van der Waals surface area contributed by atoms with Gasteiger partial charge < -0.3 is 9.84 Å². The number of aromatic nitrogens is 4. The second kappa shape index (κ2) is 4.53. The molecule has 6 heteroatoms. The van der Waals surface area contributed by atoms with E-state index in [-0.39, 0.29) is 6.04 Å². The van der Waals surface area contributed by atoms with Crippen LogP contribution in [0.3, 0.4) is 0 Å². The lowest BCUT2D eigenvalue weighted by Crippen LogP contribution is -2.14. The lowest BCUT2D eigenvalue weighted by Gasteiger charge is -2.01. The molecule has 0 aromatic carbocycles. The highest BCUT2D eigenvalue weighted by molar-refractivity contribution is 5.47. The Morgan fingerprint density at radius 1 is 1.56 bits per heavy atom. The Labute approximate surface area is 105 Å². The van der Waals surface area contributed by atoms with Gasteiger partial charge in [-0.15, -0.1) is 0 Å². The topological polar surface area (TPSA) is 68.8 Å². The summed E-state index contributed by atoms with van der Waals surface area (Å²) in [6.07, 6.45) is 2.24. The van der Waals surface area contributed by atoms with Gasteiger partial charge in [-0.3, -0.25) is 4.68 Å². The van der Waals surface area contributed by atoms with Gasteiger partial charge in [0.15, 0.2) is 5.82 Å². The van der Waals surface area contributed by atoms with Gasteiger partial charge in [-0.1, -0.05) is 5.16 Å². The van der Waals surface area contributed by atoms with Crippen LogP contribution in [0.4, 0.5) is 0 Å². The van der Waals surface area contributed by atoms with Crippen LogP contribution in [-0.4, -0.2) is 26.5 Å². The lowest BCUT2D eigenvalue weighted by molar-refractivity contribution is 0.408. The molecule has 2 aromatic heterocycles. The van der Waals surface area contributed by atoms with Crippen molar-refractivity contribution in [1.29, 1.82) is 0 Å². The summed E-state index contributed by atoms with van der Waals surface area (Å²) in [5.74, 6) is 1.31. The number of nitrogens with zero attached hydrogens (tertiary/aromatic N) is 4. The Balaban J connectivity index is 1.92. The largest absolute Gasteiger partial charge is 0.332 e. The summed E-state index contributed by atoms with van der Waals surface area (Å²) in [7, 11) is 0. The Morgan fingerprint density at radius 2 is 2.44 bits per heavy atom. The first-order chi connectivity index (χ1) is 8.78. The molecule has 1 atom stereocenters. The minimum atomic E-state index is 0.238. The van der Waals surface area contributed by atoms with Crippen molar-refractivity contribution < 1.29 is 4.52 Å². The minimum absolute atomic E-state index is 0.238. The molecule has 0 radical (unpaired) electrons. The Bertz CT molecular complexity index is 538. The van der Waals surface area contributed by atoms with E-state index in [4.69, 9.17) is 4.52 Å². The van der Waals surface area contributed by atoms with Crippen molar-refractivity contribution in [2.75, 3.05) is 6.54 Å². The molecule has 1 unspecified atom stereocenters. The molecule has 1 saturated heterocycles. The van der Waals surface area contributed by atoms with E-state index in [1.165, 1.54) is 6.42 Å². The van der Waals surface area contributed by atoms with Crippen LogP contribution >= 0.6 is 0 Å². The molecule has 2 aromatic rings. The zero-order valence-corrected chi connectivity index (χ0v) is 10.7. The van der Waals surface area contributed by atoms with Crippen molar-refractivity contribution in [3.8, 4) is 11.6 Å². The molecule has 1 fully saturated rings. The fraction of sp³-hybridized carbons (Fsp3) is 0.583. The lowest BCUT2D eigenvalue weighted by atomic mass is 10.2. The molecule has 1 N–H and O–H groups in total. The predicted octanol–water partition coefficient (Wildman–Crippen LogP) is 1.69. The standard InChI is InChI=1S/C12H17N5O/c1-3-17-10(7-8(2)15-17)12-14-11(16-18-12)9-5-4-6-13-9/h7,9,13H,3-6H2,1-2H3. The third-order valence-electron chi connectivity index (χ3n) is 3.23. The van der Waals surface area contributed by atoms with E-state index < -0.39 is 0 Å². The van der Waals surface area contributed by atoms with E-state index in [1.54, 1.807) is 0 Å². The van der Waals surface area contributed by atoms with Gasteiger partial charge in [0.2, 0.25) is 0 Å². The molecule has 0 spiro atoms. The van der Waals surface area contributed by atoms with E-state index in [1.807, 2.05) is 24.6 Å². The molecule has 3 rings (SSSR count). The van der Waals surface area contributed by atoms with Crippen molar-refractivity contribution in [3.63, 3.8) is 0 Å². The third-order valence-corrected chi connectivity index (χ3v) is 3.23. The van der Waals surface area contributed by atoms with Gasteiger partial charge in [-0.2, -0.15) is 10.1 Å². The molecule has 0 aliphatic carbocycles. The first-order valence-corrected chi connectivity index (χ1v) is 6.39. The third kappa shape index (κ3) is 1.92. The zero-order valence-electron chi connectivity index (χ0n) is 10.7. The maximum Gasteiger partial charge on any atom is 0.276 e. The summed E-state index contributed by atoms with van der Waals surface area (Å²) >= 11 is 0. The quantitative estimate of drug-likeness (QED) is 0.893. The van der Waals surface area contributed by atoms with Crippen LogP contribution in [0, 0.1) is 6.92 Å². The van der Waals surface area contributed by atoms with Gasteiger partial charge in [0.1, 0.15) is 5.69 Å². The smallest absolute Gasteiger partial charge is 0.276 e. The van der Waals surface area contributed by atoms with Crippen molar-refractivity contribution in [2.45, 2.75) is 39.3 Å². The van der Waals surface area contributed by atoms with Gasteiger partial charge in [-0.25, -0.2) is 0 Å². The predicted molar refractivity (Wildman–Crippen MR) is 65.9 cm³/mol. The Hall–Kier alpha value is -1.69. The fourth-order valence-corrected chi connectivity index (χ4v) is 2.34. The number of nitrogens with one attached hydrogen (secondary N) is 1. The van der Waals surface area contributed by atoms with Crippen LogP contribution in [0.25, 0.3) is 11.6 Å². The number of hydrogen-bond acceptors (Lipinski definition) is 5. The van der Waals surface area contributed by atoms with Gasteiger partial charge in [0.05, 0.1) is 11.7 Å². The molecule has 0 saturated carbocycles. The van der Waals surface area contributed by atoms with Crippen molar-refractivity contribution >= 4 is 0 Å². The van der Waals surface area contributed by atoms with E-state index in [2.05, 4.69) is 20.6 Å². The average molecular weight is 247 g/mol. The normalized spacial score (nSPS) is 19.6. The molecule has 0 bridgehead atoms. The van der Waals surface area contributed by atoms with Gasteiger partial charge in [0, 0.05) is 6.54 Å². The average Bonchev–Trinajstić information content (AvgIpc) is 3.08. The van der Waals surface area contributed by atoms with Crippen LogP contribution in [0.1, 0.15) is 37.3 Å². The Morgan fingerprint density at radius 3 is 3.17 bits per heavy atom. The van der Waals surface area contributed by atoms with Gasteiger partial charge in [-0.05, 0) is 39.3 Å². The monoisotopic (exact) mass is 247 g/mol. The van der Waals surface area contributed by atoms with Crippen molar-refractivity contribution in [2.24, 2.45) is 0 Å². The molecule has 96 valence electrons. The van der Waals surface area contributed by atoms with E-state index >= 15 is 0 Å². The summed E-state index contributed by atoms with van der Waals surface area (Å²) in [6.45, 7) is 5.83. The highest BCUT2D eigenvalue weighted by atomic mass is 16.5. The Kier molecular flexibility index (Phi) is 2.87. The molecule has 1 aliphatic rings. The fourth-order valence-electron chi connectivity index (χ4n) is 2.34. The molecule has 6 nitrogen and oxygen atoms in total. The van der Waals surface area contributed by atoms with Crippen LogP contribution in [-0.2, 0) is 6.54 Å². The molecular weight excluding hydrogens is 230 g/mol. The van der Waals surface area contributed by atoms with Gasteiger partial charge >= 0.3 is 0 Å². The highest BCUT2D eigenvalue weighted by Gasteiger charge is 2.23. The summed E-state index contributed by atoms with van der Waals surface area (Å²) in [5, 5.41) is 11.8. The molecule has 18 heavy (non-hydrogen) atoms. The first-order valence-electron chi connectivity index (χ1n) is 6.39. The first kappa shape index (κ1) is 11.4. The van der Waals surface area contributed by atoms with Crippen LogP contribution in [0.5, 0.6) is 0 Å². The maximum absolute atomic E-state index is 5.36. The summed E-state index contributed by atoms with van der Waals surface area (Å²) < 4.78 is 7.24. The maximum atomic E-state index is 5.36. The molecular formula is C12H17N5O. The zero-order chi connectivity index (χ0) is 12.5. The summed E-state index contributed by atoms with van der Waals surface area (Å²) in [5.41, 5.74) is 1.86. The van der Waals surface area contributed by atoms with E-state index in [0.717, 1.165) is 36.7 Å². The van der Waals surface area contributed by atoms with Crippen molar-refractivity contribution in [1.82, 2.24) is 25.2 Å². The number of rotatable bonds is 3. The summed E-state index contributed by atoms with van der Waals surface area (Å²) in [4.78, 5) is 4.48. The van der Waals surface area contributed by atoms with Gasteiger partial charge in [0.25, 0.3) is 5.89 Å². The minimum Gasteiger partial charge on any atom is -0.332 e. The van der Waals surface area contributed by atoms with Crippen LogP contribution in [0.15, 0.2) is 10.6 Å². The number of hydrogen-bond donors (Lipinski definition) is 1. The second-order valence-corrected chi connectivity index (χ2v) is 4.59. The number of aryl methyl sites for hydroxylation is 2. The SMILES string of the molecule is CCn1nc(C)cc1-c1nc(C2CCCN2)no1. The summed E-state index contributed by atoms with van der Waals surface area (Å²) in [6, 6.07) is 2.21. The van der Waals surface area contributed by atoms with E-state index in [0.29, 0.717) is 5.89 Å².